The van der Waals surface area contributed by atoms with Crippen LogP contribution in [0.1, 0.15) is 51.2 Å². The van der Waals surface area contributed by atoms with Crippen LogP contribution in [0, 0.1) is 0 Å². The monoisotopic (exact) mass is 474 g/mol. The van der Waals surface area contributed by atoms with Gasteiger partial charge in [-0.25, -0.2) is 4.98 Å². The normalized spacial score (nSPS) is 15.8. The van der Waals surface area contributed by atoms with Crippen molar-refractivity contribution in [2.75, 3.05) is 24.8 Å². The van der Waals surface area contributed by atoms with E-state index in [1.165, 1.54) is 11.3 Å². The van der Waals surface area contributed by atoms with Gasteiger partial charge in [-0.15, -0.1) is 0 Å². The van der Waals surface area contributed by atoms with E-state index in [2.05, 4.69) is 23.1 Å². The van der Waals surface area contributed by atoms with Crippen LogP contribution in [0.2, 0.25) is 0 Å². The fraction of sp³-hybridized carbons (Fsp3) is 0.429. The van der Waals surface area contributed by atoms with Gasteiger partial charge in [0.1, 0.15) is 18.0 Å². The largest absolute Gasteiger partial charge is 0.488 e. The second kappa shape index (κ2) is 8.33. The van der Waals surface area contributed by atoms with E-state index in [4.69, 9.17) is 23.9 Å². The lowest BCUT2D eigenvalue weighted by atomic mass is 9.93. The Hall–Kier alpha value is -3.48. The van der Waals surface area contributed by atoms with Crippen LogP contribution >= 0.6 is 0 Å². The Bertz CT molecular complexity index is 1330. The summed E-state index contributed by atoms with van der Waals surface area (Å²) in [6, 6.07) is 10.5. The fourth-order valence-corrected chi connectivity index (χ4v) is 5.14. The van der Waals surface area contributed by atoms with Gasteiger partial charge in [-0.2, -0.15) is 0 Å². The number of aromatic nitrogens is 1. The van der Waals surface area contributed by atoms with Gasteiger partial charge < -0.3 is 23.8 Å². The van der Waals surface area contributed by atoms with E-state index in [-0.39, 0.29) is 12.8 Å². The fourth-order valence-electron chi connectivity index (χ4n) is 5.14. The minimum atomic E-state index is -0.443. The first-order valence-electron chi connectivity index (χ1n) is 12.3. The van der Waals surface area contributed by atoms with E-state index in [9.17, 15) is 4.79 Å². The molecule has 0 bridgehead atoms. The first-order chi connectivity index (χ1) is 16.8. The van der Waals surface area contributed by atoms with Gasteiger partial charge in [0.25, 0.3) is 0 Å². The predicted octanol–water partition coefficient (Wildman–Crippen LogP) is 5.40. The zero-order chi connectivity index (χ0) is 24.2. The average Bonchev–Trinajstić information content (AvgIpc) is 3.26. The zero-order valence-corrected chi connectivity index (χ0v) is 20.5. The van der Waals surface area contributed by atoms with E-state index in [1.54, 1.807) is 0 Å². The third kappa shape index (κ3) is 4.24. The van der Waals surface area contributed by atoms with E-state index >= 15 is 0 Å². The van der Waals surface area contributed by atoms with Crippen molar-refractivity contribution < 1.29 is 23.7 Å². The summed E-state index contributed by atoms with van der Waals surface area (Å²) < 4.78 is 22.8. The van der Waals surface area contributed by atoms with Gasteiger partial charge in [0, 0.05) is 53.8 Å². The minimum Gasteiger partial charge on any atom is -0.488 e. The molecule has 0 amide bonds. The van der Waals surface area contributed by atoms with Gasteiger partial charge in [0.15, 0.2) is 11.5 Å². The Morgan fingerprint density at radius 2 is 1.86 bits per heavy atom. The molecule has 0 spiro atoms. The number of ether oxygens (including phenoxy) is 4. The zero-order valence-electron chi connectivity index (χ0n) is 20.5. The predicted molar refractivity (Wildman–Crippen MR) is 133 cm³/mol. The molecule has 2 aromatic carbocycles. The highest BCUT2D eigenvalue weighted by molar-refractivity contribution is 5.88. The number of hydrogen-bond donors (Lipinski definition) is 0. The summed E-state index contributed by atoms with van der Waals surface area (Å²) in [5, 5.41) is 1.02. The van der Waals surface area contributed by atoms with E-state index in [0.717, 1.165) is 77.3 Å². The molecule has 0 saturated heterocycles. The molecule has 0 fully saturated rings. The van der Waals surface area contributed by atoms with Crippen LogP contribution in [-0.4, -0.2) is 36.4 Å². The molecule has 35 heavy (non-hydrogen) atoms. The lowest BCUT2D eigenvalue weighted by Crippen LogP contribution is -2.31. The highest BCUT2D eigenvalue weighted by Crippen LogP contribution is 2.44. The molecule has 7 nitrogen and oxygen atoms in total. The Labute approximate surface area is 204 Å². The summed E-state index contributed by atoms with van der Waals surface area (Å²) in [6.07, 6.45) is 3.29. The van der Waals surface area contributed by atoms with Crippen LogP contribution in [0.3, 0.4) is 0 Å². The van der Waals surface area contributed by atoms with Crippen LogP contribution in [0.4, 0.5) is 5.69 Å². The average molecular weight is 475 g/mol. The third-order valence-corrected chi connectivity index (χ3v) is 6.65. The molecule has 0 radical (unpaired) electrons. The molecule has 0 atom stereocenters. The SMILES string of the molecule is CC(C)(C)OC(=O)CCCN1CCCc2cc3c(cc21)OCc1cc2cc4c(cc2nc1-3)OCO4. The van der Waals surface area contributed by atoms with Crippen molar-refractivity contribution in [1.82, 2.24) is 4.98 Å². The van der Waals surface area contributed by atoms with Crippen LogP contribution in [0.15, 0.2) is 30.3 Å². The van der Waals surface area contributed by atoms with Crippen molar-refractivity contribution >= 4 is 22.6 Å². The van der Waals surface area contributed by atoms with E-state index in [1.807, 2.05) is 32.9 Å². The number of rotatable bonds is 4. The second-order valence-corrected chi connectivity index (χ2v) is 10.4. The van der Waals surface area contributed by atoms with Crippen molar-refractivity contribution in [2.24, 2.45) is 0 Å². The van der Waals surface area contributed by atoms with Crippen molar-refractivity contribution in [1.29, 1.82) is 0 Å². The molecule has 182 valence electrons. The molecule has 3 aliphatic heterocycles. The van der Waals surface area contributed by atoms with Gasteiger partial charge >= 0.3 is 5.97 Å². The van der Waals surface area contributed by atoms with Gasteiger partial charge in [-0.3, -0.25) is 4.79 Å². The van der Waals surface area contributed by atoms with E-state index in [0.29, 0.717) is 13.0 Å². The van der Waals surface area contributed by atoms with Crippen LogP contribution in [0.25, 0.3) is 22.2 Å². The molecule has 1 aromatic heterocycles. The molecule has 7 heteroatoms. The summed E-state index contributed by atoms with van der Waals surface area (Å²) >= 11 is 0. The number of anilines is 1. The molecule has 0 N–H and O–H groups in total. The molecule has 0 aliphatic carbocycles. The first kappa shape index (κ1) is 22.0. The molecule has 3 aromatic rings. The lowest BCUT2D eigenvalue weighted by molar-refractivity contribution is -0.154. The van der Waals surface area contributed by atoms with Gasteiger partial charge in [-0.05, 0) is 63.8 Å². The second-order valence-electron chi connectivity index (χ2n) is 10.4. The Morgan fingerprint density at radius 1 is 1.03 bits per heavy atom. The highest BCUT2D eigenvalue weighted by Gasteiger charge is 2.26. The number of esters is 1. The molecule has 6 rings (SSSR count). The number of nitrogens with zero attached hydrogens (tertiary/aromatic N) is 2. The number of hydrogen-bond acceptors (Lipinski definition) is 7. The van der Waals surface area contributed by atoms with Crippen LogP contribution in [-0.2, 0) is 22.6 Å². The maximum absolute atomic E-state index is 12.1. The maximum atomic E-state index is 12.1. The van der Waals surface area contributed by atoms with Crippen LogP contribution in [0.5, 0.6) is 17.2 Å². The topological polar surface area (TPSA) is 70.1 Å². The first-order valence-corrected chi connectivity index (χ1v) is 12.3. The Morgan fingerprint density at radius 3 is 2.69 bits per heavy atom. The maximum Gasteiger partial charge on any atom is 0.306 e. The number of carbonyl (C=O) groups excluding carboxylic acids is 1. The number of carbonyl (C=O) groups is 1. The van der Waals surface area contributed by atoms with E-state index < -0.39 is 5.60 Å². The van der Waals surface area contributed by atoms with Crippen LogP contribution < -0.4 is 19.1 Å². The number of fused-ring (bicyclic) bond motifs is 6. The third-order valence-electron chi connectivity index (χ3n) is 6.65. The van der Waals surface area contributed by atoms with Crippen molar-refractivity contribution in [2.45, 2.75) is 58.7 Å². The smallest absolute Gasteiger partial charge is 0.306 e. The Kier molecular flexibility index (Phi) is 5.24. The van der Waals surface area contributed by atoms with Crippen molar-refractivity contribution in [3.05, 3.63) is 41.5 Å². The standard InChI is InChI=1S/C28H30N2O5/c1-28(2,3)35-26(31)7-5-9-30-8-4-6-17-11-20-23(14-22(17)30)32-15-19-10-18-12-24-25(34-16-33-24)13-21(18)29-27(19)20/h10-14H,4-9,15-16H2,1-3H3. The lowest BCUT2D eigenvalue weighted by Gasteiger charge is -2.33. The summed E-state index contributed by atoms with van der Waals surface area (Å²) in [5.74, 6) is 2.23. The van der Waals surface area contributed by atoms with Gasteiger partial charge in [-0.1, -0.05) is 0 Å². The summed E-state index contributed by atoms with van der Waals surface area (Å²) in [6.45, 7) is 8.23. The van der Waals surface area contributed by atoms with Crippen molar-refractivity contribution in [3.8, 4) is 28.5 Å². The van der Waals surface area contributed by atoms with Gasteiger partial charge in [0.2, 0.25) is 6.79 Å². The molecule has 0 saturated carbocycles. The summed E-state index contributed by atoms with van der Waals surface area (Å²) in [7, 11) is 0. The molecule has 0 unspecified atom stereocenters. The molecule has 3 aliphatic rings. The van der Waals surface area contributed by atoms with Gasteiger partial charge in [0.05, 0.1) is 11.2 Å². The number of aryl methyl sites for hydroxylation is 1. The Balaban J connectivity index is 1.27. The highest BCUT2D eigenvalue weighted by atomic mass is 16.7. The minimum absolute atomic E-state index is 0.138. The number of pyridine rings is 1. The van der Waals surface area contributed by atoms with Crippen molar-refractivity contribution in [3.63, 3.8) is 0 Å². The molecular weight excluding hydrogens is 444 g/mol. The quantitative estimate of drug-likeness (QED) is 0.469. The molecule has 4 heterocycles. The summed E-state index contributed by atoms with van der Waals surface area (Å²) in [5.41, 5.74) is 6.05. The molecular formula is C28H30N2O5. The number of benzene rings is 2. The summed E-state index contributed by atoms with van der Waals surface area (Å²) in [4.78, 5) is 19.5.